The quantitative estimate of drug-likeness (QED) is 0.822. The van der Waals surface area contributed by atoms with Gasteiger partial charge in [0.05, 0.1) is 0 Å². The molecule has 0 heterocycles. The van der Waals surface area contributed by atoms with Crippen LogP contribution in [0.1, 0.15) is 11.1 Å². The molecule has 98 valence electrons. The largest absolute Gasteiger partial charge is 0.486 e. The number of para-hydroxylation sites is 1. The molecule has 0 unspecified atom stereocenters. The third-order valence-corrected chi connectivity index (χ3v) is 2.83. The van der Waals surface area contributed by atoms with Crippen molar-refractivity contribution in [2.24, 2.45) is 0 Å². The van der Waals surface area contributed by atoms with Crippen molar-refractivity contribution in [3.05, 3.63) is 65.5 Å². The van der Waals surface area contributed by atoms with E-state index in [0.29, 0.717) is 11.3 Å². The van der Waals surface area contributed by atoms with E-state index in [9.17, 15) is 9.18 Å². The van der Waals surface area contributed by atoms with Crippen LogP contribution in [0.25, 0.3) is 0 Å². The maximum absolute atomic E-state index is 13.4. The fraction of sp³-hybridized carbons (Fsp3) is 0.188. The van der Waals surface area contributed by atoms with E-state index in [0.717, 1.165) is 5.56 Å². The van der Waals surface area contributed by atoms with Crippen molar-refractivity contribution in [2.75, 3.05) is 6.61 Å². The third-order valence-electron chi connectivity index (χ3n) is 2.83. The van der Waals surface area contributed by atoms with Crippen LogP contribution in [-0.4, -0.2) is 12.4 Å². The summed E-state index contributed by atoms with van der Waals surface area (Å²) < 4.78 is 18.8. The second-order valence-corrected chi connectivity index (χ2v) is 4.36. The minimum Gasteiger partial charge on any atom is -0.486 e. The van der Waals surface area contributed by atoms with Gasteiger partial charge in [-0.25, -0.2) is 4.39 Å². The summed E-state index contributed by atoms with van der Waals surface area (Å²) in [6.45, 7) is 1.87. The van der Waals surface area contributed by atoms with Gasteiger partial charge in [0.25, 0.3) is 0 Å². The lowest BCUT2D eigenvalue weighted by Gasteiger charge is -2.08. The Balaban J connectivity index is 1.92. The number of aryl methyl sites for hydroxylation is 1. The summed E-state index contributed by atoms with van der Waals surface area (Å²) in [5.41, 5.74) is 1.38. The van der Waals surface area contributed by atoms with Crippen LogP contribution in [0, 0.1) is 12.7 Å². The lowest BCUT2D eigenvalue weighted by atomic mass is 10.1. The Morgan fingerprint density at radius 2 is 1.79 bits per heavy atom. The standard InChI is InChI=1S/C16H15FO2/c1-12-6-2-5-9-16(12)19-11-14(18)10-13-7-3-4-8-15(13)17/h2-9H,10-11H2,1H3. The van der Waals surface area contributed by atoms with E-state index in [1.165, 1.54) is 6.07 Å². The molecule has 0 radical (unpaired) electrons. The van der Waals surface area contributed by atoms with E-state index in [-0.39, 0.29) is 24.6 Å². The molecule has 0 aliphatic heterocycles. The molecular weight excluding hydrogens is 243 g/mol. The molecule has 0 saturated carbocycles. The number of ether oxygens (including phenoxy) is 1. The second kappa shape index (κ2) is 6.14. The number of benzene rings is 2. The van der Waals surface area contributed by atoms with E-state index >= 15 is 0 Å². The van der Waals surface area contributed by atoms with Gasteiger partial charge in [-0.2, -0.15) is 0 Å². The molecule has 19 heavy (non-hydrogen) atoms. The monoisotopic (exact) mass is 258 g/mol. The third kappa shape index (κ3) is 3.65. The van der Waals surface area contributed by atoms with E-state index in [1.54, 1.807) is 18.2 Å². The SMILES string of the molecule is Cc1ccccc1OCC(=O)Cc1ccccc1F. The highest BCUT2D eigenvalue weighted by molar-refractivity contribution is 5.82. The van der Waals surface area contributed by atoms with Gasteiger partial charge in [-0.05, 0) is 30.2 Å². The molecule has 2 aromatic rings. The molecule has 0 aliphatic carbocycles. The molecular formula is C16H15FO2. The molecule has 2 rings (SSSR count). The van der Waals surface area contributed by atoms with Crippen molar-refractivity contribution in [1.82, 2.24) is 0 Å². The Hall–Kier alpha value is -2.16. The predicted octanol–water partition coefficient (Wildman–Crippen LogP) is 3.32. The van der Waals surface area contributed by atoms with Crippen LogP contribution in [0.5, 0.6) is 5.75 Å². The number of carbonyl (C=O) groups is 1. The summed E-state index contributed by atoms with van der Waals surface area (Å²) in [5.74, 6) is 0.185. The molecule has 0 aliphatic rings. The summed E-state index contributed by atoms with van der Waals surface area (Å²) in [6, 6.07) is 13.8. The zero-order valence-corrected chi connectivity index (χ0v) is 10.7. The first-order valence-electron chi connectivity index (χ1n) is 6.10. The summed E-state index contributed by atoms with van der Waals surface area (Å²) in [6.07, 6.45) is 0.0541. The Morgan fingerprint density at radius 1 is 1.11 bits per heavy atom. The summed E-state index contributed by atoms with van der Waals surface area (Å²) in [4.78, 5) is 11.8. The van der Waals surface area contributed by atoms with Gasteiger partial charge in [-0.15, -0.1) is 0 Å². The normalized spacial score (nSPS) is 10.2. The van der Waals surface area contributed by atoms with Gasteiger partial charge in [-0.3, -0.25) is 4.79 Å². The van der Waals surface area contributed by atoms with Crippen LogP contribution < -0.4 is 4.74 Å². The van der Waals surface area contributed by atoms with Crippen LogP contribution in [0.15, 0.2) is 48.5 Å². The zero-order valence-electron chi connectivity index (χ0n) is 10.7. The number of hydrogen-bond donors (Lipinski definition) is 0. The molecule has 2 aromatic carbocycles. The molecule has 0 saturated heterocycles. The number of rotatable bonds is 5. The van der Waals surface area contributed by atoms with Gasteiger partial charge in [-0.1, -0.05) is 36.4 Å². The van der Waals surface area contributed by atoms with Crippen LogP contribution in [0.2, 0.25) is 0 Å². The van der Waals surface area contributed by atoms with E-state index in [1.807, 2.05) is 31.2 Å². The van der Waals surface area contributed by atoms with Gasteiger partial charge in [0.2, 0.25) is 0 Å². The van der Waals surface area contributed by atoms with E-state index in [4.69, 9.17) is 4.74 Å². The van der Waals surface area contributed by atoms with Crippen molar-refractivity contribution < 1.29 is 13.9 Å². The first kappa shape index (κ1) is 13.3. The van der Waals surface area contributed by atoms with Gasteiger partial charge in [0, 0.05) is 6.42 Å². The molecule has 0 atom stereocenters. The minimum absolute atomic E-state index is 0.0425. The Morgan fingerprint density at radius 3 is 2.53 bits per heavy atom. The number of halogens is 1. The van der Waals surface area contributed by atoms with Crippen molar-refractivity contribution in [3.63, 3.8) is 0 Å². The first-order valence-corrected chi connectivity index (χ1v) is 6.10. The van der Waals surface area contributed by atoms with E-state index < -0.39 is 0 Å². The van der Waals surface area contributed by atoms with Crippen LogP contribution in [0.4, 0.5) is 4.39 Å². The molecule has 3 heteroatoms. The molecule has 0 fully saturated rings. The molecule has 0 bridgehead atoms. The zero-order chi connectivity index (χ0) is 13.7. The minimum atomic E-state index is -0.355. The summed E-state index contributed by atoms with van der Waals surface area (Å²) in [5, 5.41) is 0. The number of ketones is 1. The molecule has 0 amide bonds. The van der Waals surface area contributed by atoms with Crippen LogP contribution in [-0.2, 0) is 11.2 Å². The highest BCUT2D eigenvalue weighted by atomic mass is 19.1. The topological polar surface area (TPSA) is 26.3 Å². The van der Waals surface area contributed by atoms with E-state index in [2.05, 4.69) is 0 Å². The molecule has 0 spiro atoms. The Kier molecular flexibility index (Phi) is 4.29. The predicted molar refractivity (Wildman–Crippen MR) is 71.8 cm³/mol. The smallest absolute Gasteiger partial charge is 0.174 e. The maximum atomic E-state index is 13.4. The highest BCUT2D eigenvalue weighted by Crippen LogP contribution is 2.16. The lowest BCUT2D eigenvalue weighted by molar-refractivity contribution is -0.120. The average molecular weight is 258 g/mol. The fourth-order valence-electron chi connectivity index (χ4n) is 1.78. The maximum Gasteiger partial charge on any atom is 0.174 e. The fourth-order valence-corrected chi connectivity index (χ4v) is 1.78. The van der Waals surface area contributed by atoms with Crippen molar-refractivity contribution >= 4 is 5.78 Å². The number of carbonyl (C=O) groups excluding carboxylic acids is 1. The molecule has 0 aromatic heterocycles. The average Bonchev–Trinajstić information content (AvgIpc) is 2.40. The number of hydrogen-bond acceptors (Lipinski definition) is 2. The van der Waals surface area contributed by atoms with Gasteiger partial charge >= 0.3 is 0 Å². The highest BCUT2D eigenvalue weighted by Gasteiger charge is 2.09. The van der Waals surface area contributed by atoms with Gasteiger partial charge in [0.15, 0.2) is 5.78 Å². The van der Waals surface area contributed by atoms with Gasteiger partial charge in [0.1, 0.15) is 18.2 Å². The van der Waals surface area contributed by atoms with Crippen molar-refractivity contribution in [2.45, 2.75) is 13.3 Å². The van der Waals surface area contributed by atoms with Crippen molar-refractivity contribution in [1.29, 1.82) is 0 Å². The van der Waals surface area contributed by atoms with Gasteiger partial charge < -0.3 is 4.74 Å². The van der Waals surface area contributed by atoms with Crippen LogP contribution >= 0.6 is 0 Å². The molecule has 0 N–H and O–H groups in total. The summed E-state index contributed by atoms with van der Waals surface area (Å²) >= 11 is 0. The Labute approximate surface area is 111 Å². The van der Waals surface area contributed by atoms with Crippen LogP contribution in [0.3, 0.4) is 0 Å². The lowest BCUT2D eigenvalue weighted by Crippen LogP contribution is -2.14. The number of Topliss-reactive ketones (excluding diaryl/α,β-unsaturated/α-hetero) is 1. The Bertz CT molecular complexity index is 578. The first-order chi connectivity index (χ1) is 9.16. The summed E-state index contributed by atoms with van der Waals surface area (Å²) in [7, 11) is 0. The molecule has 2 nitrogen and oxygen atoms in total. The second-order valence-electron chi connectivity index (χ2n) is 4.36. The van der Waals surface area contributed by atoms with Crippen molar-refractivity contribution in [3.8, 4) is 5.75 Å².